The molecule has 0 saturated carbocycles. The minimum absolute atomic E-state index is 0.0342. The molecule has 162 valence electrons. The first kappa shape index (κ1) is 23.2. The van der Waals surface area contributed by atoms with Crippen molar-refractivity contribution in [1.29, 1.82) is 0 Å². The van der Waals surface area contributed by atoms with Crippen LogP contribution in [0, 0.1) is 0 Å². The second-order valence-corrected chi connectivity index (χ2v) is 10.4. The molecule has 6 nitrogen and oxygen atoms in total. The van der Waals surface area contributed by atoms with Crippen LogP contribution in [0.5, 0.6) is 5.75 Å². The van der Waals surface area contributed by atoms with Crippen molar-refractivity contribution in [2.45, 2.75) is 23.5 Å². The van der Waals surface area contributed by atoms with E-state index in [9.17, 15) is 13.2 Å². The van der Waals surface area contributed by atoms with Gasteiger partial charge in [0, 0.05) is 41.1 Å². The Kier molecular flexibility index (Phi) is 7.92. The molecule has 0 radical (unpaired) electrons. The Hall–Kier alpha value is -1.45. The van der Waals surface area contributed by atoms with Crippen molar-refractivity contribution in [2.75, 3.05) is 30.9 Å². The van der Waals surface area contributed by atoms with Crippen LogP contribution >= 0.6 is 35.0 Å². The quantitative estimate of drug-likeness (QED) is 0.531. The van der Waals surface area contributed by atoms with Gasteiger partial charge in [0.2, 0.25) is 15.9 Å². The van der Waals surface area contributed by atoms with Crippen LogP contribution in [0.4, 0.5) is 5.69 Å². The van der Waals surface area contributed by atoms with Crippen LogP contribution in [0.25, 0.3) is 0 Å². The summed E-state index contributed by atoms with van der Waals surface area (Å²) >= 11 is 13.6. The van der Waals surface area contributed by atoms with Crippen LogP contribution < -0.4 is 14.4 Å². The van der Waals surface area contributed by atoms with E-state index >= 15 is 0 Å². The van der Waals surface area contributed by atoms with Gasteiger partial charge in [0.15, 0.2) is 0 Å². The van der Waals surface area contributed by atoms with E-state index in [1.165, 1.54) is 19.2 Å². The van der Waals surface area contributed by atoms with Crippen molar-refractivity contribution in [1.82, 2.24) is 4.72 Å². The first-order valence-electron chi connectivity index (χ1n) is 9.31. The zero-order valence-corrected chi connectivity index (χ0v) is 19.5. The first-order valence-corrected chi connectivity index (χ1v) is 12.7. The lowest BCUT2D eigenvalue weighted by Gasteiger charge is -2.20. The molecule has 2 aromatic carbocycles. The molecule has 1 saturated heterocycles. The van der Waals surface area contributed by atoms with Gasteiger partial charge in [-0.3, -0.25) is 4.79 Å². The number of nitrogens with zero attached hydrogens (tertiary/aromatic N) is 1. The Labute approximate surface area is 190 Å². The summed E-state index contributed by atoms with van der Waals surface area (Å²) in [6.45, 7) is 0.818. The number of hydrogen-bond donors (Lipinski definition) is 1. The van der Waals surface area contributed by atoms with Crippen molar-refractivity contribution < 1.29 is 17.9 Å². The maximum atomic E-state index is 12.7. The first-order chi connectivity index (χ1) is 14.3. The Balaban J connectivity index is 1.60. The van der Waals surface area contributed by atoms with Crippen LogP contribution in [0.2, 0.25) is 10.0 Å². The molecule has 0 aromatic heterocycles. The molecule has 1 aliphatic rings. The van der Waals surface area contributed by atoms with Crippen molar-refractivity contribution >= 4 is 56.6 Å². The van der Waals surface area contributed by atoms with Gasteiger partial charge in [-0.2, -0.15) is 11.8 Å². The van der Waals surface area contributed by atoms with E-state index in [1.807, 2.05) is 6.07 Å². The number of carbonyl (C=O) groups is 1. The molecule has 1 heterocycles. The minimum atomic E-state index is -3.71. The van der Waals surface area contributed by atoms with E-state index in [0.29, 0.717) is 46.0 Å². The molecule has 0 atom stereocenters. The van der Waals surface area contributed by atoms with Crippen LogP contribution in [0.15, 0.2) is 41.3 Å². The van der Waals surface area contributed by atoms with E-state index in [2.05, 4.69) is 4.72 Å². The summed E-state index contributed by atoms with van der Waals surface area (Å²) in [6.07, 6.45) is 1.19. The van der Waals surface area contributed by atoms with Gasteiger partial charge in [-0.25, -0.2) is 13.1 Å². The van der Waals surface area contributed by atoms with E-state index in [4.69, 9.17) is 27.9 Å². The lowest BCUT2D eigenvalue weighted by molar-refractivity contribution is -0.117. The lowest BCUT2D eigenvalue weighted by Crippen LogP contribution is -2.27. The summed E-state index contributed by atoms with van der Waals surface area (Å²) in [7, 11) is -2.22. The number of sulfonamides is 1. The van der Waals surface area contributed by atoms with Gasteiger partial charge in [-0.05, 0) is 42.3 Å². The van der Waals surface area contributed by atoms with Gasteiger partial charge in [0.25, 0.3) is 0 Å². The number of nitrogens with one attached hydrogen (secondary N) is 1. The number of methoxy groups -OCH3 is 1. The number of thioether (sulfide) groups is 1. The molecule has 1 aliphatic heterocycles. The zero-order chi connectivity index (χ0) is 21.7. The number of ether oxygens (including phenoxy) is 1. The molecule has 30 heavy (non-hydrogen) atoms. The number of rotatable bonds is 9. The molecule has 3 rings (SSSR count). The second kappa shape index (κ2) is 10.2. The van der Waals surface area contributed by atoms with Crippen molar-refractivity contribution in [2.24, 2.45) is 0 Å². The summed E-state index contributed by atoms with van der Waals surface area (Å²) in [6, 6.07) is 9.87. The maximum Gasteiger partial charge on any atom is 0.240 e. The van der Waals surface area contributed by atoms with Crippen LogP contribution in [0.1, 0.15) is 18.4 Å². The summed E-state index contributed by atoms with van der Waals surface area (Å²) in [5.41, 5.74) is 1.43. The third-order valence-corrected chi connectivity index (χ3v) is 7.69. The largest absolute Gasteiger partial charge is 0.495 e. The van der Waals surface area contributed by atoms with E-state index in [-0.39, 0.29) is 17.3 Å². The SMILES string of the molecule is COc1ccc(S(=O)(=O)NCCSCc2ccc(Cl)cc2Cl)cc1N1CCCC1=O. The van der Waals surface area contributed by atoms with Crippen LogP contribution in [-0.4, -0.2) is 40.3 Å². The van der Waals surface area contributed by atoms with E-state index in [0.717, 1.165) is 12.0 Å². The van der Waals surface area contributed by atoms with Gasteiger partial charge < -0.3 is 9.64 Å². The molecule has 2 aromatic rings. The van der Waals surface area contributed by atoms with Crippen molar-refractivity contribution in [3.63, 3.8) is 0 Å². The highest BCUT2D eigenvalue weighted by Crippen LogP contribution is 2.33. The normalized spacial score (nSPS) is 14.4. The number of hydrogen-bond acceptors (Lipinski definition) is 5. The molecule has 10 heteroatoms. The van der Waals surface area contributed by atoms with Gasteiger partial charge >= 0.3 is 0 Å². The number of benzene rings is 2. The minimum Gasteiger partial charge on any atom is -0.495 e. The van der Waals surface area contributed by atoms with Crippen molar-refractivity contribution in [3.05, 3.63) is 52.0 Å². The van der Waals surface area contributed by atoms with Gasteiger partial charge in [0.1, 0.15) is 5.75 Å². The summed E-state index contributed by atoms with van der Waals surface area (Å²) in [5, 5.41) is 1.17. The zero-order valence-electron chi connectivity index (χ0n) is 16.4. The lowest BCUT2D eigenvalue weighted by atomic mass is 10.2. The van der Waals surface area contributed by atoms with Crippen LogP contribution in [0.3, 0.4) is 0 Å². The molecular formula is C20H22Cl2N2O4S2. The highest BCUT2D eigenvalue weighted by molar-refractivity contribution is 7.98. The molecule has 0 bridgehead atoms. The summed E-state index contributed by atoms with van der Waals surface area (Å²) < 4.78 is 33.3. The van der Waals surface area contributed by atoms with E-state index < -0.39 is 10.0 Å². The fourth-order valence-electron chi connectivity index (χ4n) is 3.10. The average Bonchev–Trinajstić information content (AvgIpc) is 3.14. The topological polar surface area (TPSA) is 75.7 Å². The Morgan fingerprint density at radius 3 is 2.67 bits per heavy atom. The molecule has 1 amide bonds. The number of amides is 1. The van der Waals surface area contributed by atoms with Crippen molar-refractivity contribution in [3.8, 4) is 5.75 Å². The third-order valence-electron chi connectivity index (χ3n) is 4.64. The molecule has 0 aliphatic carbocycles. The second-order valence-electron chi connectivity index (χ2n) is 6.67. The Morgan fingerprint density at radius 2 is 2.00 bits per heavy atom. The van der Waals surface area contributed by atoms with Gasteiger partial charge in [-0.1, -0.05) is 29.3 Å². The molecule has 0 spiro atoms. The number of halogens is 2. The molecule has 1 N–H and O–H groups in total. The van der Waals surface area contributed by atoms with Crippen LogP contribution in [-0.2, 0) is 20.6 Å². The Morgan fingerprint density at radius 1 is 1.20 bits per heavy atom. The third kappa shape index (κ3) is 5.62. The summed E-state index contributed by atoms with van der Waals surface area (Å²) in [4.78, 5) is 13.8. The number of anilines is 1. The van der Waals surface area contributed by atoms with Gasteiger partial charge in [0.05, 0.1) is 17.7 Å². The highest BCUT2D eigenvalue weighted by Gasteiger charge is 2.26. The monoisotopic (exact) mass is 488 g/mol. The molecular weight excluding hydrogens is 467 g/mol. The summed E-state index contributed by atoms with van der Waals surface area (Å²) in [5.74, 6) is 1.67. The van der Waals surface area contributed by atoms with Gasteiger partial charge in [-0.15, -0.1) is 0 Å². The molecule has 1 fully saturated rings. The standard InChI is InChI=1S/C20H22Cl2N2O4S2/c1-28-19-7-6-16(12-18(19)24-9-2-3-20(24)25)30(26,27)23-8-10-29-13-14-4-5-15(21)11-17(14)22/h4-7,11-12,23H,2-3,8-10,13H2,1H3. The fraction of sp³-hybridized carbons (Fsp3) is 0.350. The predicted octanol–water partition coefficient (Wildman–Crippen LogP) is 4.34. The molecule has 0 unspecified atom stereocenters. The smallest absolute Gasteiger partial charge is 0.240 e. The number of carbonyl (C=O) groups excluding carboxylic acids is 1. The Bertz CT molecular complexity index is 1030. The maximum absolute atomic E-state index is 12.7. The fourth-order valence-corrected chi connectivity index (χ4v) is 5.70. The predicted molar refractivity (Wildman–Crippen MR) is 122 cm³/mol. The highest BCUT2D eigenvalue weighted by atomic mass is 35.5. The average molecular weight is 489 g/mol. The van der Waals surface area contributed by atoms with E-state index in [1.54, 1.807) is 34.9 Å².